The van der Waals surface area contributed by atoms with E-state index in [2.05, 4.69) is 10.0 Å². The monoisotopic (exact) mass is 422 g/mol. The van der Waals surface area contributed by atoms with Crippen LogP contribution in [0, 0.1) is 12.8 Å². The van der Waals surface area contributed by atoms with Crippen molar-refractivity contribution in [3.8, 4) is 5.75 Å². The number of rotatable bonds is 9. The molecule has 0 aliphatic carbocycles. The minimum atomic E-state index is -3.72. The van der Waals surface area contributed by atoms with E-state index in [-0.39, 0.29) is 29.9 Å². The predicted octanol–water partition coefficient (Wildman–Crippen LogP) is 3.67. The Hall–Kier alpha value is -2.03. The highest BCUT2D eigenvalue weighted by atomic mass is 32.2. The molecule has 0 radical (unpaired) electrons. The fraction of sp³-hybridized carbons (Fsp3) is 0.350. The summed E-state index contributed by atoms with van der Waals surface area (Å²) in [5.74, 6) is 0.332. The van der Waals surface area contributed by atoms with Gasteiger partial charge in [-0.05, 0) is 49.1 Å². The summed E-state index contributed by atoms with van der Waals surface area (Å²) in [4.78, 5) is 12.9. The molecule has 152 valence electrons. The van der Waals surface area contributed by atoms with E-state index in [1.54, 1.807) is 19.9 Å². The van der Waals surface area contributed by atoms with E-state index in [9.17, 15) is 13.2 Å². The molecule has 0 aliphatic heterocycles. The molecule has 1 amide bonds. The van der Waals surface area contributed by atoms with Crippen LogP contribution in [0.3, 0.4) is 0 Å². The van der Waals surface area contributed by atoms with E-state index in [0.717, 1.165) is 10.5 Å². The van der Waals surface area contributed by atoms with Crippen molar-refractivity contribution in [3.63, 3.8) is 0 Å². The quantitative estimate of drug-likeness (QED) is 0.476. The number of thioether (sulfide) groups is 1. The number of aryl methyl sites for hydroxylation is 1. The van der Waals surface area contributed by atoms with E-state index in [4.69, 9.17) is 4.74 Å². The van der Waals surface area contributed by atoms with Gasteiger partial charge in [0.25, 0.3) is 0 Å². The van der Waals surface area contributed by atoms with Crippen molar-refractivity contribution in [1.29, 1.82) is 0 Å². The largest absolute Gasteiger partial charge is 0.492 e. The second-order valence-electron chi connectivity index (χ2n) is 6.57. The number of sulfonamides is 1. The number of hydrogen-bond donors (Lipinski definition) is 2. The average Bonchev–Trinajstić information content (AvgIpc) is 2.65. The smallest absolute Gasteiger partial charge is 0.240 e. The maximum absolute atomic E-state index is 12.6. The molecule has 0 spiro atoms. The molecule has 0 fully saturated rings. The predicted molar refractivity (Wildman–Crippen MR) is 114 cm³/mol. The summed E-state index contributed by atoms with van der Waals surface area (Å²) in [6, 6.07) is 12.3. The molecule has 0 aliphatic rings. The number of anilines is 1. The third-order valence-electron chi connectivity index (χ3n) is 3.92. The molecule has 0 heterocycles. The van der Waals surface area contributed by atoms with Gasteiger partial charge in [-0.2, -0.15) is 0 Å². The maximum atomic E-state index is 12.6. The van der Waals surface area contributed by atoms with Gasteiger partial charge in [-0.1, -0.05) is 26.0 Å². The fourth-order valence-corrected chi connectivity index (χ4v) is 3.94. The normalized spacial score (nSPS) is 11.5. The SMILES string of the molecule is CSc1ccc(S(=O)(=O)NCCOc2cccc(C)c2)cc1NC(=O)C(C)C. The van der Waals surface area contributed by atoms with Crippen LogP contribution in [0.1, 0.15) is 19.4 Å². The molecule has 2 rings (SSSR count). The molecular formula is C20H26N2O4S2. The molecule has 0 aromatic heterocycles. The number of carbonyl (C=O) groups is 1. The van der Waals surface area contributed by atoms with Gasteiger partial charge < -0.3 is 10.1 Å². The Morgan fingerprint density at radius 1 is 1.18 bits per heavy atom. The minimum Gasteiger partial charge on any atom is -0.492 e. The Morgan fingerprint density at radius 2 is 1.93 bits per heavy atom. The topological polar surface area (TPSA) is 84.5 Å². The molecule has 0 atom stereocenters. The van der Waals surface area contributed by atoms with Crippen LogP contribution in [-0.4, -0.2) is 33.7 Å². The number of ether oxygens (including phenoxy) is 1. The number of nitrogens with one attached hydrogen (secondary N) is 2. The lowest BCUT2D eigenvalue weighted by atomic mass is 10.2. The van der Waals surface area contributed by atoms with Gasteiger partial charge in [0.15, 0.2) is 0 Å². The van der Waals surface area contributed by atoms with Gasteiger partial charge in [-0.3, -0.25) is 4.79 Å². The lowest BCUT2D eigenvalue weighted by molar-refractivity contribution is -0.118. The average molecular weight is 423 g/mol. The van der Waals surface area contributed by atoms with E-state index >= 15 is 0 Å². The minimum absolute atomic E-state index is 0.0971. The van der Waals surface area contributed by atoms with Crippen LogP contribution in [0.25, 0.3) is 0 Å². The summed E-state index contributed by atoms with van der Waals surface area (Å²) < 4.78 is 33.3. The van der Waals surface area contributed by atoms with Crippen LogP contribution in [0.2, 0.25) is 0 Å². The number of hydrogen-bond acceptors (Lipinski definition) is 5. The Labute approximate surface area is 171 Å². The molecule has 2 aromatic carbocycles. The molecule has 0 saturated carbocycles. The van der Waals surface area contributed by atoms with Crippen molar-refractivity contribution in [2.24, 2.45) is 5.92 Å². The summed E-state index contributed by atoms with van der Waals surface area (Å²) in [5.41, 5.74) is 1.56. The fourth-order valence-electron chi connectivity index (χ4n) is 2.36. The molecule has 6 nitrogen and oxygen atoms in total. The Balaban J connectivity index is 2.04. The second kappa shape index (κ2) is 9.95. The third kappa shape index (κ3) is 6.25. The number of benzene rings is 2. The molecule has 8 heteroatoms. The molecule has 0 unspecified atom stereocenters. The molecule has 28 heavy (non-hydrogen) atoms. The van der Waals surface area contributed by atoms with Crippen LogP contribution in [0.15, 0.2) is 52.3 Å². The van der Waals surface area contributed by atoms with Crippen molar-refractivity contribution < 1.29 is 17.9 Å². The summed E-state index contributed by atoms with van der Waals surface area (Å²) in [5, 5.41) is 2.79. The first kappa shape index (κ1) is 22.3. The van der Waals surface area contributed by atoms with E-state index in [0.29, 0.717) is 11.4 Å². The van der Waals surface area contributed by atoms with Gasteiger partial charge in [0.05, 0.1) is 10.6 Å². The lowest BCUT2D eigenvalue weighted by Crippen LogP contribution is -2.28. The maximum Gasteiger partial charge on any atom is 0.240 e. The van der Waals surface area contributed by atoms with E-state index in [1.165, 1.54) is 23.9 Å². The third-order valence-corrected chi connectivity index (χ3v) is 6.17. The van der Waals surface area contributed by atoms with Crippen LogP contribution >= 0.6 is 11.8 Å². The zero-order valence-corrected chi connectivity index (χ0v) is 18.1. The van der Waals surface area contributed by atoms with Gasteiger partial charge >= 0.3 is 0 Å². The van der Waals surface area contributed by atoms with Gasteiger partial charge in [-0.25, -0.2) is 13.1 Å². The van der Waals surface area contributed by atoms with Crippen molar-refractivity contribution >= 4 is 33.4 Å². The first-order chi connectivity index (χ1) is 13.2. The van der Waals surface area contributed by atoms with Gasteiger partial charge in [-0.15, -0.1) is 11.8 Å². The van der Waals surface area contributed by atoms with Gasteiger partial charge in [0, 0.05) is 17.4 Å². The van der Waals surface area contributed by atoms with Gasteiger partial charge in [0.2, 0.25) is 15.9 Å². The summed E-state index contributed by atoms with van der Waals surface area (Å²) >= 11 is 1.44. The van der Waals surface area contributed by atoms with Crippen molar-refractivity contribution in [2.45, 2.75) is 30.6 Å². The van der Waals surface area contributed by atoms with Crippen LogP contribution < -0.4 is 14.8 Å². The van der Waals surface area contributed by atoms with Crippen molar-refractivity contribution in [3.05, 3.63) is 48.0 Å². The first-order valence-electron chi connectivity index (χ1n) is 8.91. The highest BCUT2D eigenvalue weighted by molar-refractivity contribution is 7.98. The second-order valence-corrected chi connectivity index (χ2v) is 9.18. The molecule has 2 N–H and O–H groups in total. The molecule has 2 aromatic rings. The Bertz CT molecular complexity index is 928. The highest BCUT2D eigenvalue weighted by Crippen LogP contribution is 2.28. The number of amides is 1. The summed E-state index contributed by atoms with van der Waals surface area (Å²) in [6.45, 7) is 5.87. The molecule has 0 saturated heterocycles. The van der Waals surface area contributed by atoms with Crippen molar-refractivity contribution in [2.75, 3.05) is 24.7 Å². The van der Waals surface area contributed by atoms with E-state index in [1.807, 2.05) is 37.4 Å². The van der Waals surface area contributed by atoms with Crippen LogP contribution in [-0.2, 0) is 14.8 Å². The lowest BCUT2D eigenvalue weighted by Gasteiger charge is -2.14. The Kier molecular flexibility index (Phi) is 7.91. The number of carbonyl (C=O) groups excluding carboxylic acids is 1. The zero-order chi connectivity index (χ0) is 20.7. The standard InChI is InChI=1S/C20H26N2O4S2/c1-14(2)20(23)22-18-13-17(8-9-19(18)27-4)28(24,25)21-10-11-26-16-7-5-6-15(3)12-16/h5-9,12-14,21H,10-11H2,1-4H3,(H,22,23). The highest BCUT2D eigenvalue weighted by Gasteiger charge is 2.17. The van der Waals surface area contributed by atoms with Crippen LogP contribution in [0.4, 0.5) is 5.69 Å². The van der Waals surface area contributed by atoms with Crippen LogP contribution in [0.5, 0.6) is 5.75 Å². The summed E-state index contributed by atoms with van der Waals surface area (Å²) in [6.07, 6.45) is 1.87. The molecule has 0 bridgehead atoms. The Morgan fingerprint density at radius 3 is 2.57 bits per heavy atom. The van der Waals surface area contributed by atoms with E-state index < -0.39 is 10.0 Å². The van der Waals surface area contributed by atoms with Gasteiger partial charge in [0.1, 0.15) is 12.4 Å². The summed E-state index contributed by atoms with van der Waals surface area (Å²) in [7, 11) is -3.72. The molecular weight excluding hydrogens is 396 g/mol. The first-order valence-corrected chi connectivity index (χ1v) is 11.6. The van der Waals surface area contributed by atoms with Crippen molar-refractivity contribution in [1.82, 2.24) is 4.72 Å². The zero-order valence-electron chi connectivity index (χ0n) is 16.5.